The highest BCUT2D eigenvalue weighted by Crippen LogP contribution is 2.22. The van der Waals surface area contributed by atoms with E-state index in [1.165, 1.54) is 12.5 Å². The zero-order valence-corrected chi connectivity index (χ0v) is 10.5. The molecule has 2 aromatic rings. The SMILES string of the molecule is CC(=O)c1ccc(Nc2ccc(C)cc2)cc1N. The summed E-state index contributed by atoms with van der Waals surface area (Å²) in [6, 6.07) is 13.5. The van der Waals surface area contributed by atoms with Crippen molar-refractivity contribution in [3.05, 3.63) is 53.6 Å². The lowest BCUT2D eigenvalue weighted by Gasteiger charge is -2.09. The molecule has 92 valence electrons. The number of Topliss-reactive ketones (excluding diaryl/α,β-unsaturated/α-hetero) is 1. The maximum atomic E-state index is 11.3. The molecule has 3 nitrogen and oxygen atoms in total. The molecular weight excluding hydrogens is 224 g/mol. The third kappa shape index (κ3) is 2.69. The molecule has 0 radical (unpaired) electrons. The Kier molecular flexibility index (Phi) is 3.33. The van der Waals surface area contributed by atoms with Gasteiger partial charge in [-0.05, 0) is 44.2 Å². The van der Waals surface area contributed by atoms with Crippen LogP contribution in [0.4, 0.5) is 17.1 Å². The van der Waals surface area contributed by atoms with Crippen molar-refractivity contribution in [2.45, 2.75) is 13.8 Å². The van der Waals surface area contributed by atoms with Crippen molar-refractivity contribution in [2.24, 2.45) is 0 Å². The zero-order valence-electron chi connectivity index (χ0n) is 10.5. The van der Waals surface area contributed by atoms with Crippen LogP contribution in [0.25, 0.3) is 0 Å². The molecule has 0 spiro atoms. The van der Waals surface area contributed by atoms with Crippen LogP contribution in [-0.4, -0.2) is 5.78 Å². The Morgan fingerprint density at radius 3 is 2.22 bits per heavy atom. The van der Waals surface area contributed by atoms with Crippen LogP contribution in [0, 0.1) is 6.92 Å². The third-order valence-electron chi connectivity index (χ3n) is 2.77. The fraction of sp³-hybridized carbons (Fsp3) is 0.133. The van der Waals surface area contributed by atoms with Gasteiger partial charge in [-0.3, -0.25) is 4.79 Å². The Hall–Kier alpha value is -2.29. The van der Waals surface area contributed by atoms with Gasteiger partial charge in [0.2, 0.25) is 0 Å². The predicted octanol–water partition coefficient (Wildman–Crippen LogP) is 3.52. The number of hydrogen-bond donors (Lipinski definition) is 2. The van der Waals surface area contributed by atoms with Crippen molar-refractivity contribution >= 4 is 22.8 Å². The minimum absolute atomic E-state index is 0.0191. The van der Waals surface area contributed by atoms with Crippen LogP contribution in [0.2, 0.25) is 0 Å². The topological polar surface area (TPSA) is 55.1 Å². The predicted molar refractivity (Wildman–Crippen MR) is 75.3 cm³/mol. The van der Waals surface area contributed by atoms with E-state index in [2.05, 4.69) is 5.32 Å². The van der Waals surface area contributed by atoms with Gasteiger partial charge in [0, 0.05) is 22.6 Å². The van der Waals surface area contributed by atoms with Crippen molar-refractivity contribution < 1.29 is 4.79 Å². The lowest BCUT2D eigenvalue weighted by molar-refractivity contribution is 0.101. The average Bonchev–Trinajstić information content (AvgIpc) is 2.32. The number of nitrogen functional groups attached to an aromatic ring is 1. The minimum Gasteiger partial charge on any atom is -0.398 e. The summed E-state index contributed by atoms with van der Waals surface area (Å²) in [6.07, 6.45) is 0. The van der Waals surface area contributed by atoms with Crippen LogP contribution < -0.4 is 11.1 Å². The first-order chi connectivity index (χ1) is 8.56. The summed E-state index contributed by atoms with van der Waals surface area (Å²) in [6.45, 7) is 3.56. The van der Waals surface area contributed by atoms with E-state index in [0.29, 0.717) is 11.3 Å². The molecule has 3 N–H and O–H groups in total. The van der Waals surface area contributed by atoms with Gasteiger partial charge < -0.3 is 11.1 Å². The van der Waals surface area contributed by atoms with E-state index in [-0.39, 0.29) is 5.78 Å². The van der Waals surface area contributed by atoms with E-state index in [1.807, 2.05) is 37.3 Å². The standard InChI is InChI=1S/C15H16N2O/c1-10-3-5-12(6-4-10)17-13-7-8-14(11(2)18)15(16)9-13/h3-9,17H,16H2,1-2H3. The van der Waals surface area contributed by atoms with Gasteiger partial charge in [-0.1, -0.05) is 17.7 Å². The van der Waals surface area contributed by atoms with Crippen LogP contribution in [0.5, 0.6) is 0 Å². The van der Waals surface area contributed by atoms with E-state index in [1.54, 1.807) is 12.1 Å². The summed E-state index contributed by atoms with van der Waals surface area (Å²) in [5.74, 6) is -0.0191. The number of nitrogens with one attached hydrogen (secondary N) is 1. The molecule has 2 rings (SSSR count). The van der Waals surface area contributed by atoms with Crippen LogP contribution >= 0.6 is 0 Å². The Bertz CT molecular complexity index is 574. The summed E-state index contributed by atoms with van der Waals surface area (Å²) >= 11 is 0. The van der Waals surface area contributed by atoms with E-state index < -0.39 is 0 Å². The Balaban J connectivity index is 2.22. The summed E-state index contributed by atoms with van der Waals surface area (Å²) in [7, 11) is 0. The lowest BCUT2D eigenvalue weighted by Crippen LogP contribution is -2.00. The highest BCUT2D eigenvalue weighted by atomic mass is 16.1. The molecule has 3 heteroatoms. The van der Waals surface area contributed by atoms with Gasteiger partial charge in [0.1, 0.15) is 0 Å². The van der Waals surface area contributed by atoms with Gasteiger partial charge >= 0.3 is 0 Å². The number of benzene rings is 2. The minimum atomic E-state index is -0.0191. The van der Waals surface area contributed by atoms with Crippen LogP contribution in [-0.2, 0) is 0 Å². The largest absolute Gasteiger partial charge is 0.398 e. The van der Waals surface area contributed by atoms with Gasteiger partial charge in [0.15, 0.2) is 5.78 Å². The first-order valence-electron chi connectivity index (χ1n) is 5.80. The van der Waals surface area contributed by atoms with Crippen molar-refractivity contribution in [1.29, 1.82) is 0 Å². The van der Waals surface area contributed by atoms with Gasteiger partial charge in [0.05, 0.1) is 0 Å². The fourth-order valence-corrected chi connectivity index (χ4v) is 1.76. The number of nitrogens with two attached hydrogens (primary N) is 1. The number of hydrogen-bond acceptors (Lipinski definition) is 3. The zero-order chi connectivity index (χ0) is 13.1. The molecule has 0 saturated carbocycles. The van der Waals surface area contributed by atoms with Gasteiger partial charge in [-0.25, -0.2) is 0 Å². The first kappa shape index (κ1) is 12.2. The molecule has 2 aromatic carbocycles. The second-order valence-electron chi connectivity index (χ2n) is 4.35. The smallest absolute Gasteiger partial charge is 0.161 e. The number of ketones is 1. The van der Waals surface area contributed by atoms with Crippen molar-refractivity contribution in [2.75, 3.05) is 11.1 Å². The van der Waals surface area contributed by atoms with Crippen LogP contribution in [0.15, 0.2) is 42.5 Å². The molecular formula is C15H16N2O. The van der Waals surface area contributed by atoms with E-state index >= 15 is 0 Å². The second kappa shape index (κ2) is 4.92. The molecule has 0 aliphatic heterocycles. The molecule has 0 heterocycles. The highest BCUT2D eigenvalue weighted by Gasteiger charge is 2.05. The number of carbonyl (C=O) groups excluding carboxylic acids is 1. The lowest BCUT2D eigenvalue weighted by atomic mass is 10.1. The second-order valence-corrected chi connectivity index (χ2v) is 4.35. The molecule has 0 bridgehead atoms. The Morgan fingerprint density at radius 2 is 1.67 bits per heavy atom. The monoisotopic (exact) mass is 240 g/mol. The van der Waals surface area contributed by atoms with Crippen LogP contribution in [0.3, 0.4) is 0 Å². The highest BCUT2D eigenvalue weighted by molar-refractivity contribution is 5.99. The summed E-state index contributed by atoms with van der Waals surface area (Å²) in [5, 5.41) is 3.25. The van der Waals surface area contributed by atoms with E-state index in [9.17, 15) is 4.79 Å². The number of anilines is 3. The normalized spacial score (nSPS) is 10.1. The van der Waals surface area contributed by atoms with Crippen molar-refractivity contribution in [1.82, 2.24) is 0 Å². The van der Waals surface area contributed by atoms with E-state index in [4.69, 9.17) is 5.73 Å². The van der Waals surface area contributed by atoms with Gasteiger partial charge in [-0.15, -0.1) is 0 Å². The maximum absolute atomic E-state index is 11.3. The molecule has 0 fully saturated rings. The summed E-state index contributed by atoms with van der Waals surface area (Å²) in [4.78, 5) is 11.3. The fourth-order valence-electron chi connectivity index (χ4n) is 1.76. The van der Waals surface area contributed by atoms with Gasteiger partial charge in [0.25, 0.3) is 0 Å². The molecule has 0 amide bonds. The number of carbonyl (C=O) groups is 1. The maximum Gasteiger partial charge on any atom is 0.161 e. The molecule has 18 heavy (non-hydrogen) atoms. The Labute approximate surface area is 107 Å². The first-order valence-corrected chi connectivity index (χ1v) is 5.80. The van der Waals surface area contributed by atoms with Crippen molar-refractivity contribution in [3.63, 3.8) is 0 Å². The Morgan fingerprint density at radius 1 is 1.06 bits per heavy atom. The third-order valence-corrected chi connectivity index (χ3v) is 2.77. The quantitative estimate of drug-likeness (QED) is 0.637. The molecule has 0 unspecified atom stereocenters. The molecule has 0 aromatic heterocycles. The molecule has 0 aliphatic rings. The summed E-state index contributed by atoms with van der Waals surface area (Å²) < 4.78 is 0. The van der Waals surface area contributed by atoms with Gasteiger partial charge in [-0.2, -0.15) is 0 Å². The molecule has 0 saturated heterocycles. The molecule has 0 aliphatic carbocycles. The van der Waals surface area contributed by atoms with Crippen molar-refractivity contribution in [3.8, 4) is 0 Å². The average molecular weight is 240 g/mol. The molecule has 0 atom stereocenters. The summed E-state index contributed by atoms with van der Waals surface area (Å²) in [5.41, 5.74) is 9.99. The van der Waals surface area contributed by atoms with E-state index in [0.717, 1.165) is 11.4 Å². The van der Waals surface area contributed by atoms with Crippen LogP contribution in [0.1, 0.15) is 22.8 Å². The number of aryl methyl sites for hydroxylation is 1. The number of rotatable bonds is 3.